The number of fused-ring (bicyclic) bond motifs is 2. The third-order valence-corrected chi connectivity index (χ3v) is 7.26. The molecule has 1 amide bonds. The van der Waals surface area contributed by atoms with Crippen LogP contribution in [0, 0.1) is 11.7 Å². The molecule has 3 saturated carbocycles. The Labute approximate surface area is 186 Å². The predicted octanol–water partition coefficient (Wildman–Crippen LogP) is 4.00. The summed E-state index contributed by atoms with van der Waals surface area (Å²) in [7, 11) is 2.16. The van der Waals surface area contributed by atoms with Crippen molar-refractivity contribution in [1.82, 2.24) is 10.2 Å². The van der Waals surface area contributed by atoms with Crippen LogP contribution in [0.4, 0.5) is 10.1 Å². The number of amides is 1. The smallest absolute Gasteiger partial charge is 0.258 e. The Morgan fingerprint density at radius 1 is 1.29 bits per heavy atom. The van der Waals surface area contributed by atoms with Crippen LogP contribution in [-0.2, 0) is 17.8 Å². The lowest BCUT2D eigenvalue weighted by Crippen LogP contribution is -2.44. The van der Waals surface area contributed by atoms with E-state index in [4.69, 9.17) is 16.3 Å². The maximum Gasteiger partial charge on any atom is 0.258 e. The molecule has 6 rings (SSSR count). The molecular formula is C24H27ClFN3O2. The fourth-order valence-corrected chi connectivity index (χ4v) is 5.54. The lowest BCUT2D eigenvalue weighted by molar-refractivity contribution is -0.124. The van der Waals surface area contributed by atoms with Gasteiger partial charge in [-0.1, -0.05) is 23.7 Å². The average molecular weight is 444 g/mol. The Balaban J connectivity index is 1.17. The summed E-state index contributed by atoms with van der Waals surface area (Å²) in [5, 5.41) is 6.99. The summed E-state index contributed by atoms with van der Waals surface area (Å²) >= 11 is 5.68. The van der Waals surface area contributed by atoms with Gasteiger partial charge >= 0.3 is 0 Å². The van der Waals surface area contributed by atoms with Gasteiger partial charge in [0.1, 0.15) is 11.6 Å². The van der Waals surface area contributed by atoms with Crippen LogP contribution in [0.25, 0.3) is 0 Å². The zero-order valence-electron chi connectivity index (χ0n) is 17.6. The van der Waals surface area contributed by atoms with Crippen LogP contribution in [0.1, 0.15) is 30.4 Å². The maximum atomic E-state index is 13.5. The lowest BCUT2D eigenvalue weighted by atomic mass is 9.76. The number of ether oxygens (including phenoxy) is 1. The third kappa shape index (κ3) is 4.11. The van der Waals surface area contributed by atoms with Gasteiger partial charge in [-0.05, 0) is 68.0 Å². The summed E-state index contributed by atoms with van der Waals surface area (Å²) in [5.74, 6) is 0.0580. The number of carbonyl (C=O) groups excluding carboxylic acids is 1. The molecule has 2 N–H and O–H groups in total. The fraction of sp³-hybridized carbons (Fsp3) is 0.458. The zero-order chi connectivity index (χ0) is 21.6. The number of likely N-dealkylation sites (N-methyl/N-ethyl adjacent to an activating group) is 1. The Kier molecular flexibility index (Phi) is 5.30. The van der Waals surface area contributed by atoms with Gasteiger partial charge in [-0.25, -0.2) is 4.39 Å². The second kappa shape index (κ2) is 7.99. The minimum atomic E-state index is -0.557. The van der Waals surface area contributed by atoms with Crippen molar-refractivity contribution in [3.63, 3.8) is 0 Å². The number of hydrogen-bond acceptors (Lipinski definition) is 4. The summed E-state index contributed by atoms with van der Waals surface area (Å²) in [4.78, 5) is 14.7. The fourth-order valence-electron chi connectivity index (χ4n) is 5.42. The first-order valence-electron chi connectivity index (χ1n) is 10.9. The second-order valence-electron chi connectivity index (χ2n) is 9.25. The molecule has 164 valence electrons. The molecule has 1 heterocycles. The van der Waals surface area contributed by atoms with Gasteiger partial charge < -0.3 is 20.3 Å². The van der Waals surface area contributed by atoms with Crippen molar-refractivity contribution in [2.24, 2.45) is 5.92 Å². The van der Waals surface area contributed by atoms with Crippen molar-refractivity contribution < 1.29 is 13.9 Å². The number of nitrogens with one attached hydrogen (secondary N) is 2. The number of halogens is 2. The van der Waals surface area contributed by atoms with Gasteiger partial charge in [-0.2, -0.15) is 0 Å². The summed E-state index contributed by atoms with van der Waals surface area (Å²) < 4.78 is 18.9. The standard InChI is InChI=1S/C24H27ClFN3O2/c1-29-8-7-18-15(13-29)3-2-4-21(18)28-24-10-16(11-24)22(12-24)27-23(30)14-31-17-5-6-19(25)20(26)9-17/h2-6,9,16,22,28H,7-8,10-14H2,1H3,(H,27,30). The molecule has 2 bridgehead atoms. The van der Waals surface area contributed by atoms with Gasteiger partial charge in [0.2, 0.25) is 0 Å². The van der Waals surface area contributed by atoms with E-state index in [0.29, 0.717) is 11.7 Å². The van der Waals surface area contributed by atoms with E-state index in [2.05, 4.69) is 40.8 Å². The maximum absolute atomic E-state index is 13.5. The van der Waals surface area contributed by atoms with Crippen LogP contribution >= 0.6 is 11.6 Å². The van der Waals surface area contributed by atoms with E-state index in [9.17, 15) is 9.18 Å². The van der Waals surface area contributed by atoms with Crippen molar-refractivity contribution in [1.29, 1.82) is 0 Å². The van der Waals surface area contributed by atoms with E-state index >= 15 is 0 Å². The van der Waals surface area contributed by atoms with Crippen LogP contribution in [0.2, 0.25) is 5.02 Å². The minimum absolute atomic E-state index is 0.0343. The van der Waals surface area contributed by atoms with Gasteiger partial charge in [-0.3, -0.25) is 4.79 Å². The highest BCUT2D eigenvalue weighted by molar-refractivity contribution is 6.30. The third-order valence-electron chi connectivity index (χ3n) is 6.95. The number of rotatable bonds is 6. The predicted molar refractivity (Wildman–Crippen MR) is 119 cm³/mol. The van der Waals surface area contributed by atoms with Gasteiger partial charge in [0.15, 0.2) is 6.61 Å². The van der Waals surface area contributed by atoms with Crippen molar-refractivity contribution >= 4 is 23.2 Å². The number of benzene rings is 2. The summed E-state index contributed by atoms with van der Waals surface area (Å²) in [6.45, 7) is 1.94. The molecule has 1 unspecified atom stereocenters. The lowest BCUT2D eigenvalue weighted by Gasteiger charge is -2.41. The highest BCUT2D eigenvalue weighted by Crippen LogP contribution is 2.54. The summed E-state index contributed by atoms with van der Waals surface area (Å²) in [5.41, 5.74) is 4.17. The molecule has 3 aliphatic carbocycles. The molecule has 1 atom stereocenters. The molecule has 0 radical (unpaired) electrons. The molecule has 7 heteroatoms. The first kappa shape index (κ1) is 20.6. The SMILES string of the molecule is CN1CCc2c(cccc2NC23CC(C2)C(NC(=O)COc2ccc(Cl)c(F)c2)C3)C1. The topological polar surface area (TPSA) is 53.6 Å². The van der Waals surface area contributed by atoms with Gasteiger partial charge in [0.25, 0.3) is 5.91 Å². The molecular weight excluding hydrogens is 417 g/mol. The Morgan fingerprint density at radius 2 is 2.13 bits per heavy atom. The molecule has 5 nitrogen and oxygen atoms in total. The second-order valence-corrected chi connectivity index (χ2v) is 9.65. The van der Waals surface area contributed by atoms with E-state index in [1.54, 1.807) is 6.07 Å². The number of carbonyl (C=O) groups is 1. The first-order valence-corrected chi connectivity index (χ1v) is 11.2. The van der Waals surface area contributed by atoms with Crippen molar-refractivity contribution in [2.45, 2.75) is 43.8 Å². The van der Waals surface area contributed by atoms with E-state index in [-0.39, 0.29) is 29.1 Å². The quantitative estimate of drug-likeness (QED) is 0.708. The monoisotopic (exact) mass is 443 g/mol. The highest BCUT2D eigenvalue weighted by atomic mass is 35.5. The van der Waals surface area contributed by atoms with Crippen molar-refractivity contribution in [3.05, 3.63) is 58.4 Å². The molecule has 0 spiro atoms. The van der Waals surface area contributed by atoms with Crippen molar-refractivity contribution in [3.8, 4) is 5.75 Å². The molecule has 4 aliphatic rings. The van der Waals surface area contributed by atoms with E-state index in [1.165, 1.54) is 28.9 Å². The minimum Gasteiger partial charge on any atom is -0.484 e. The van der Waals surface area contributed by atoms with Gasteiger partial charge in [0.05, 0.1) is 5.02 Å². The van der Waals surface area contributed by atoms with E-state index in [0.717, 1.165) is 38.8 Å². The van der Waals surface area contributed by atoms with Crippen LogP contribution in [-0.4, -0.2) is 42.6 Å². The average Bonchev–Trinajstić information content (AvgIpc) is 3.22. The summed E-state index contributed by atoms with van der Waals surface area (Å²) in [6.07, 6.45) is 4.13. The van der Waals surface area contributed by atoms with Crippen LogP contribution in [0.5, 0.6) is 5.75 Å². The number of hydrogen-bond donors (Lipinski definition) is 2. The van der Waals surface area contributed by atoms with Crippen LogP contribution in [0.15, 0.2) is 36.4 Å². The Hall–Kier alpha value is -2.31. The Morgan fingerprint density at radius 3 is 2.94 bits per heavy atom. The largest absolute Gasteiger partial charge is 0.484 e. The van der Waals surface area contributed by atoms with Crippen LogP contribution in [0.3, 0.4) is 0 Å². The summed E-state index contributed by atoms with van der Waals surface area (Å²) in [6, 6.07) is 10.9. The molecule has 3 fully saturated rings. The molecule has 1 aliphatic heterocycles. The van der Waals surface area contributed by atoms with Gasteiger partial charge in [0, 0.05) is 36.4 Å². The zero-order valence-corrected chi connectivity index (χ0v) is 18.3. The molecule has 31 heavy (non-hydrogen) atoms. The van der Waals surface area contributed by atoms with Gasteiger partial charge in [-0.15, -0.1) is 0 Å². The molecule has 2 aromatic carbocycles. The normalized spacial score (nSPS) is 26.7. The molecule has 2 aromatic rings. The number of anilines is 1. The highest BCUT2D eigenvalue weighted by Gasteiger charge is 2.56. The molecule has 0 aromatic heterocycles. The van der Waals surface area contributed by atoms with Crippen LogP contribution < -0.4 is 15.4 Å². The molecule has 0 saturated heterocycles. The Bertz CT molecular complexity index is 1010. The van der Waals surface area contributed by atoms with E-state index < -0.39 is 5.82 Å². The van der Waals surface area contributed by atoms with Crippen molar-refractivity contribution in [2.75, 3.05) is 25.5 Å². The first-order chi connectivity index (χ1) is 14.9. The van der Waals surface area contributed by atoms with E-state index in [1.807, 2.05) is 0 Å². The number of nitrogens with zero attached hydrogens (tertiary/aromatic N) is 1.